The van der Waals surface area contributed by atoms with E-state index in [9.17, 15) is 0 Å². The van der Waals surface area contributed by atoms with Crippen molar-refractivity contribution in [3.8, 4) is 11.5 Å². The van der Waals surface area contributed by atoms with Crippen LogP contribution in [0.4, 0.5) is 0 Å². The SMILES string of the molecule is CCCNC(N)=NCC(C)Oc1cccc(OC)c1. The van der Waals surface area contributed by atoms with Gasteiger partial charge in [0.15, 0.2) is 5.96 Å². The summed E-state index contributed by atoms with van der Waals surface area (Å²) in [5, 5.41) is 3.02. The van der Waals surface area contributed by atoms with E-state index in [1.807, 2.05) is 31.2 Å². The highest BCUT2D eigenvalue weighted by molar-refractivity contribution is 5.77. The quantitative estimate of drug-likeness (QED) is 0.582. The number of ether oxygens (including phenoxy) is 2. The number of nitrogens with zero attached hydrogens (tertiary/aromatic N) is 1. The van der Waals surface area contributed by atoms with E-state index in [4.69, 9.17) is 15.2 Å². The second-order valence-electron chi connectivity index (χ2n) is 4.26. The summed E-state index contributed by atoms with van der Waals surface area (Å²) >= 11 is 0. The molecule has 5 heteroatoms. The number of hydrogen-bond donors (Lipinski definition) is 2. The predicted octanol–water partition coefficient (Wildman–Crippen LogP) is 1.78. The van der Waals surface area contributed by atoms with Crippen LogP contribution >= 0.6 is 0 Å². The van der Waals surface area contributed by atoms with Crippen LogP contribution in [-0.2, 0) is 0 Å². The minimum absolute atomic E-state index is 0.0471. The normalized spacial score (nSPS) is 12.9. The summed E-state index contributed by atoms with van der Waals surface area (Å²) in [4.78, 5) is 4.23. The van der Waals surface area contributed by atoms with Crippen LogP contribution in [0.2, 0.25) is 0 Å². The molecule has 1 aromatic rings. The largest absolute Gasteiger partial charge is 0.497 e. The number of aliphatic imine (C=N–C) groups is 1. The van der Waals surface area contributed by atoms with Crippen LogP contribution < -0.4 is 20.5 Å². The van der Waals surface area contributed by atoms with Crippen molar-refractivity contribution in [3.05, 3.63) is 24.3 Å². The van der Waals surface area contributed by atoms with E-state index < -0.39 is 0 Å². The molecular formula is C14H23N3O2. The van der Waals surface area contributed by atoms with E-state index >= 15 is 0 Å². The van der Waals surface area contributed by atoms with Crippen molar-refractivity contribution in [2.45, 2.75) is 26.4 Å². The van der Waals surface area contributed by atoms with Crippen LogP contribution in [0.1, 0.15) is 20.3 Å². The van der Waals surface area contributed by atoms with Gasteiger partial charge in [0.1, 0.15) is 17.6 Å². The Morgan fingerprint density at radius 2 is 2.16 bits per heavy atom. The zero-order valence-electron chi connectivity index (χ0n) is 11.8. The highest BCUT2D eigenvalue weighted by Gasteiger charge is 2.04. The summed E-state index contributed by atoms with van der Waals surface area (Å²) in [7, 11) is 1.63. The molecule has 1 atom stereocenters. The van der Waals surface area contributed by atoms with Gasteiger partial charge in [0.2, 0.25) is 0 Å². The van der Waals surface area contributed by atoms with Gasteiger partial charge in [0, 0.05) is 12.6 Å². The van der Waals surface area contributed by atoms with Crippen molar-refractivity contribution >= 4 is 5.96 Å². The molecule has 0 saturated heterocycles. The van der Waals surface area contributed by atoms with Crippen molar-refractivity contribution < 1.29 is 9.47 Å². The molecule has 0 amide bonds. The third-order valence-electron chi connectivity index (χ3n) is 2.45. The van der Waals surface area contributed by atoms with Crippen LogP contribution in [0.25, 0.3) is 0 Å². The fourth-order valence-corrected chi connectivity index (χ4v) is 1.48. The summed E-state index contributed by atoms with van der Waals surface area (Å²) in [5.74, 6) is 2.00. The molecule has 1 rings (SSSR count). The molecule has 0 aromatic heterocycles. The van der Waals surface area contributed by atoms with Gasteiger partial charge in [-0.15, -0.1) is 0 Å². The number of benzene rings is 1. The Morgan fingerprint density at radius 1 is 1.42 bits per heavy atom. The van der Waals surface area contributed by atoms with Gasteiger partial charge in [-0.25, -0.2) is 4.99 Å². The number of methoxy groups -OCH3 is 1. The molecule has 0 fully saturated rings. The van der Waals surface area contributed by atoms with Crippen molar-refractivity contribution in [2.24, 2.45) is 10.7 Å². The number of hydrogen-bond acceptors (Lipinski definition) is 3. The summed E-state index contributed by atoms with van der Waals surface area (Å²) in [6, 6.07) is 7.50. The van der Waals surface area contributed by atoms with E-state index in [-0.39, 0.29) is 6.10 Å². The minimum atomic E-state index is -0.0471. The zero-order chi connectivity index (χ0) is 14.1. The number of nitrogens with two attached hydrogens (primary N) is 1. The van der Waals surface area contributed by atoms with Gasteiger partial charge in [0.25, 0.3) is 0 Å². The van der Waals surface area contributed by atoms with Crippen LogP contribution in [0, 0.1) is 0 Å². The molecule has 0 heterocycles. The van der Waals surface area contributed by atoms with Crippen LogP contribution in [0.3, 0.4) is 0 Å². The molecule has 0 aliphatic heterocycles. The number of nitrogens with one attached hydrogen (secondary N) is 1. The topological polar surface area (TPSA) is 68.9 Å². The molecule has 1 unspecified atom stereocenters. The van der Waals surface area contributed by atoms with E-state index in [2.05, 4.69) is 17.2 Å². The Labute approximate surface area is 114 Å². The Morgan fingerprint density at radius 3 is 2.84 bits per heavy atom. The highest BCUT2D eigenvalue weighted by atomic mass is 16.5. The van der Waals surface area contributed by atoms with E-state index in [0.29, 0.717) is 12.5 Å². The summed E-state index contributed by atoms with van der Waals surface area (Å²) in [5.41, 5.74) is 5.71. The van der Waals surface area contributed by atoms with Crippen LogP contribution in [-0.4, -0.2) is 32.3 Å². The van der Waals surface area contributed by atoms with E-state index in [1.165, 1.54) is 0 Å². The average molecular weight is 265 g/mol. The summed E-state index contributed by atoms with van der Waals surface area (Å²) in [6.45, 7) is 5.38. The third kappa shape index (κ3) is 5.99. The van der Waals surface area contributed by atoms with Gasteiger partial charge in [-0.2, -0.15) is 0 Å². The molecule has 19 heavy (non-hydrogen) atoms. The lowest BCUT2D eigenvalue weighted by molar-refractivity contribution is 0.229. The lowest BCUT2D eigenvalue weighted by atomic mass is 10.3. The van der Waals surface area contributed by atoms with Gasteiger partial charge in [-0.1, -0.05) is 13.0 Å². The third-order valence-corrected chi connectivity index (χ3v) is 2.45. The van der Waals surface area contributed by atoms with Crippen molar-refractivity contribution in [1.29, 1.82) is 0 Å². The Balaban J connectivity index is 2.43. The molecular weight excluding hydrogens is 242 g/mol. The maximum absolute atomic E-state index is 5.74. The van der Waals surface area contributed by atoms with Gasteiger partial charge in [-0.05, 0) is 25.5 Å². The first-order valence-electron chi connectivity index (χ1n) is 6.50. The minimum Gasteiger partial charge on any atom is -0.497 e. The molecule has 106 valence electrons. The Bertz CT molecular complexity index is 407. The second kappa shape index (κ2) is 8.24. The molecule has 3 N–H and O–H groups in total. The van der Waals surface area contributed by atoms with E-state index in [0.717, 1.165) is 24.5 Å². The summed E-state index contributed by atoms with van der Waals surface area (Å²) < 4.78 is 10.9. The maximum atomic E-state index is 5.74. The molecule has 0 aliphatic rings. The van der Waals surface area contributed by atoms with Gasteiger partial charge in [0.05, 0.1) is 13.7 Å². The first kappa shape index (κ1) is 15.1. The van der Waals surface area contributed by atoms with Crippen LogP contribution in [0.5, 0.6) is 11.5 Å². The monoisotopic (exact) mass is 265 g/mol. The van der Waals surface area contributed by atoms with Crippen molar-refractivity contribution in [2.75, 3.05) is 20.2 Å². The average Bonchev–Trinajstić information content (AvgIpc) is 2.43. The first-order chi connectivity index (χ1) is 9.15. The lowest BCUT2D eigenvalue weighted by Gasteiger charge is -2.13. The molecule has 0 spiro atoms. The second-order valence-corrected chi connectivity index (χ2v) is 4.26. The molecule has 5 nitrogen and oxygen atoms in total. The standard InChI is InChI=1S/C14H23N3O2/c1-4-8-16-14(15)17-10-11(2)19-13-7-5-6-12(9-13)18-3/h5-7,9,11H,4,8,10H2,1-3H3,(H3,15,16,17). The van der Waals surface area contributed by atoms with Crippen molar-refractivity contribution in [3.63, 3.8) is 0 Å². The lowest BCUT2D eigenvalue weighted by Crippen LogP contribution is -2.33. The van der Waals surface area contributed by atoms with Crippen molar-refractivity contribution in [1.82, 2.24) is 5.32 Å². The Hall–Kier alpha value is -1.91. The highest BCUT2D eigenvalue weighted by Crippen LogP contribution is 2.19. The molecule has 0 bridgehead atoms. The van der Waals surface area contributed by atoms with E-state index in [1.54, 1.807) is 7.11 Å². The molecule has 0 radical (unpaired) electrons. The van der Waals surface area contributed by atoms with Gasteiger partial charge in [-0.3, -0.25) is 0 Å². The zero-order valence-corrected chi connectivity index (χ0v) is 11.8. The molecule has 0 aliphatic carbocycles. The smallest absolute Gasteiger partial charge is 0.188 e. The maximum Gasteiger partial charge on any atom is 0.188 e. The fourth-order valence-electron chi connectivity index (χ4n) is 1.48. The molecule has 1 aromatic carbocycles. The number of guanidine groups is 1. The fraction of sp³-hybridized carbons (Fsp3) is 0.500. The Kier molecular flexibility index (Phi) is 6.57. The first-order valence-corrected chi connectivity index (χ1v) is 6.50. The molecule has 0 saturated carbocycles. The predicted molar refractivity (Wildman–Crippen MR) is 77.9 cm³/mol. The summed E-state index contributed by atoms with van der Waals surface area (Å²) in [6.07, 6.45) is 0.973. The van der Waals surface area contributed by atoms with Gasteiger partial charge >= 0.3 is 0 Å². The number of rotatable bonds is 7. The van der Waals surface area contributed by atoms with Gasteiger partial charge < -0.3 is 20.5 Å². The van der Waals surface area contributed by atoms with Crippen LogP contribution in [0.15, 0.2) is 29.3 Å².